The van der Waals surface area contributed by atoms with Crippen molar-refractivity contribution in [2.24, 2.45) is 5.41 Å². The molecule has 0 bridgehead atoms. The maximum atomic E-state index is 12.5. The number of phenols is 1. The van der Waals surface area contributed by atoms with E-state index in [2.05, 4.69) is 79.4 Å². The maximum Gasteiger partial charge on any atom is 0.311 e. The zero-order chi connectivity index (χ0) is 26.4. The Kier molecular flexibility index (Phi) is 10.3. The largest absolute Gasteiger partial charge is 0.508 e. The topological polar surface area (TPSA) is 51.5 Å². The summed E-state index contributed by atoms with van der Waals surface area (Å²) >= 11 is 5.19. The van der Waals surface area contributed by atoms with Gasteiger partial charge in [0.2, 0.25) is 0 Å². The number of hydrogen-bond acceptors (Lipinski definition) is 4. The summed E-state index contributed by atoms with van der Waals surface area (Å²) in [6.07, 6.45) is 10.1. The van der Waals surface area contributed by atoms with Crippen LogP contribution in [0.3, 0.4) is 0 Å². The molecule has 0 radical (unpaired) electrons. The first kappa shape index (κ1) is 29.3. The standard InChI is InChI=1S/C21H31NO3S.C8H9Br/c1-8-22-16-11-10-14(23)12-15(16)18(26-20(3,4)5)17(22)13-21(6,7)19(24)25-9-2;1-7-3-2-4-8(9)6-5-7/h10-12,23H,8-9,13H2,1-7H3;3-6H,2H2,1H3. The molecule has 1 aromatic heterocycles. The van der Waals surface area contributed by atoms with Crippen LogP contribution in [0.5, 0.6) is 5.75 Å². The fraction of sp³-hybridized carbons (Fsp3) is 0.483. The number of fused-ring (bicyclic) bond motifs is 1. The molecule has 0 unspecified atom stereocenters. The molecule has 1 aliphatic carbocycles. The van der Waals surface area contributed by atoms with Gasteiger partial charge >= 0.3 is 5.97 Å². The number of carbonyl (C=O) groups excluding carboxylic acids is 1. The van der Waals surface area contributed by atoms with Gasteiger partial charge in [0.15, 0.2) is 0 Å². The third-order valence-corrected chi connectivity index (χ3v) is 7.38. The number of ether oxygens (including phenoxy) is 1. The number of aromatic hydroxyl groups is 1. The van der Waals surface area contributed by atoms with Gasteiger partial charge in [-0.25, -0.2) is 0 Å². The van der Waals surface area contributed by atoms with Crippen molar-refractivity contribution in [3.63, 3.8) is 0 Å². The first-order valence-corrected chi connectivity index (χ1v) is 13.8. The highest BCUT2D eigenvalue weighted by molar-refractivity contribution is 9.11. The lowest BCUT2D eigenvalue weighted by Gasteiger charge is -2.25. The summed E-state index contributed by atoms with van der Waals surface area (Å²) in [5.41, 5.74) is 2.94. The van der Waals surface area contributed by atoms with Crippen LogP contribution in [0.4, 0.5) is 0 Å². The number of halogens is 1. The van der Waals surface area contributed by atoms with Gasteiger partial charge in [0.1, 0.15) is 5.75 Å². The number of hydrogen-bond donors (Lipinski definition) is 1. The van der Waals surface area contributed by atoms with Crippen molar-refractivity contribution in [2.45, 2.75) is 84.4 Å². The third-order valence-electron chi connectivity index (χ3n) is 5.52. The molecule has 192 valence electrons. The van der Waals surface area contributed by atoms with E-state index in [1.807, 2.05) is 32.9 Å². The number of esters is 1. The Hall–Kier alpha value is -1.92. The van der Waals surface area contributed by atoms with Gasteiger partial charge < -0.3 is 14.4 Å². The fourth-order valence-electron chi connectivity index (χ4n) is 3.84. The van der Waals surface area contributed by atoms with E-state index in [1.165, 1.54) is 10.1 Å². The van der Waals surface area contributed by atoms with Gasteiger partial charge in [0.05, 0.1) is 12.0 Å². The molecule has 1 heterocycles. The summed E-state index contributed by atoms with van der Waals surface area (Å²) < 4.78 is 8.74. The summed E-state index contributed by atoms with van der Waals surface area (Å²) in [4.78, 5) is 13.6. The van der Waals surface area contributed by atoms with Gasteiger partial charge in [0.25, 0.3) is 0 Å². The number of nitrogens with zero attached hydrogens (tertiary/aromatic N) is 1. The Labute approximate surface area is 223 Å². The van der Waals surface area contributed by atoms with Crippen molar-refractivity contribution in [3.8, 4) is 5.75 Å². The van der Waals surface area contributed by atoms with Crippen LogP contribution in [-0.4, -0.2) is 27.0 Å². The van der Waals surface area contributed by atoms with Crippen molar-refractivity contribution >= 4 is 44.6 Å². The Morgan fingerprint density at radius 1 is 1.14 bits per heavy atom. The van der Waals surface area contributed by atoms with E-state index in [1.54, 1.807) is 17.8 Å². The van der Waals surface area contributed by atoms with Crippen molar-refractivity contribution in [3.05, 3.63) is 58.3 Å². The van der Waals surface area contributed by atoms with Crippen LogP contribution < -0.4 is 0 Å². The Balaban J connectivity index is 0.000000402. The van der Waals surface area contributed by atoms with E-state index in [0.29, 0.717) is 13.0 Å². The molecule has 0 aliphatic heterocycles. The molecule has 0 saturated heterocycles. The molecule has 4 nitrogen and oxygen atoms in total. The molecule has 0 spiro atoms. The van der Waals surface area contributed by atoms with E-state index < -0.39 is 5.41 Å². The number of allylic oxidation sites excluding steroid dienone is 6. The lowest BCUT2D eigenvalue weighted by molar-refractivity contribution is -0.153. The number of rotatable bonds is 6. The lowest BCUT2D eigenvalue weighted by atomic mass is 9.87. The SMILES string of the molecule is CC1=CCC=C(Br)C=C1.CCOC(=O)C(C)(C)Cc1c(SC(C)(C)C)c2cc(O)ccc2n1CC. The predicted molar refractivity (Wildman–Crippen MR) is 154 cm³/mol. The summed E-state index contributed by atoms with van der Waals surface area (Å²) in [7, 11) is 0. The van der Waals surface area contributed by atoms with Gasteiger partial charge in [-0.1, -0.05) is 60.5 Å². The van der Waals surface area contributed by atoms with Crippen molar-refractivity contribution < 1.29 is 14.6 Å². The highest BCUT2D eigenvalue weighted by atomic mass is 79.9. The van der Waals surface area contributed by atoms with Crippen LogP contribution in [0.15, 0.2) is 57.5 Å². The summed E-state index contributed by atoms with van der Waals surface area (Å²) in [5.74, 6) is 0.0835. The van der Waals surface area contributed by atoms with E-state index in [4.69, 9.17) is 4.74 Å². The van der Waals surface area contributed by atoms with Crippen LogP contribution in [0, 0.1) is 5.41 Å². The van der Waals surface area contributed by atoms with Crippen LogP contribution in [0.25, 0.3) is 10.9 Å². The number of aryl methyl sites for hydroxylation is 1. The molecule has 3 rings (SSSR count). The van der Waals surface area contributed by atoms with Crippen molar-refractivity contribution in [2.75, 3.05) is 6.61 Å². The molecular weight excluding hydrogens is 522 g/mol. The number of aromatic nitrogens is 1. The number of carbonyl (C=O) groups is 1. The van der Waals surface area contributed by atoms with Crippen LogP contribution in [-0.2, 0) is 22.5 Å². The zero-order valence-electron chi connectivity index (χ0n) is 22.4. The van der Waals surface area contributed by atoms with E-state index in [9.17, 15) is 9.90 Å². The number of benzene rings is 1. The minimum Gasteiger partial charge on any atom is -0.508 e. The second kappa shape index (κ2) is 12.4. The van der Waals surface area contributed by atoms with Gasteiger partial charge in [-0.15, -0.1) is 11.8 Å². The fourth-order valence-corrected chi connectivity index (χ4v) is 5.35. The quantitative estimate of drug-likeness (QED) is 0.283. The van der Waals surface area contributed by atoms with E-state index >= 15 is 0 Å². The molecule has 2 aromatic rings. The molecule has 1 aromatic carbocycles. The molecule has 1 aliphatic rings. The molecule has 0 fully saturated rings. The van der Waals surface area contributed by atoms with Crippen LogP contribution >= 0.6 is 27.7 Å². The minimum atomic E-state index is -0.619. The van der Waals surface area contributed by atoms with Crippen LogP contribution in [0.2, 0.25) is 0 Å². The molecule has 35 heavy (non-hydrogen) atoms. The van der Waals surface area contributed by atoms with Gasteiger partial charge in [-0.3, -0.25) is 4.79 Å². The molecule has 6 heteroatoms. The minimum absolute atomic E-state index is 0.0150. The molecular formula is C29H40BrNO3S. The first-order valence-electron chi connectivity index (χ1n) is 12.2. The molecule has 0 saturated carbocycles. The summed E-state index contributed by atoms with van der Waals surface area (Å²) in [5, 5.41) is 11.1. The Morgan fingerprint density at radius 3 is 2.43 bits per heavy atom. The number of phenolic OH excluding ortho intramolecular Hbond substituents is 1. The van der Waals surface area contributed by atoms with Gasteiger partial charge in [0, 0.05) is 43.7 Å². The van der Waals surface area contributed by atoms with E-state index in [-0.39, 0.29) is 16.5 Å². The second-order valence-corrected chi connectivity index (χ2v) is 13.1. The smallest absolute Gasteiger partial charge is 0.311 e. The van der Waals surface area contributed by atoms with Gasteiger partial charge in [-0.05, 0) is 65.3 Å². The first-order chi connectivity index (χ1) is 16.3. The highest BCUT2D eigenvalue weighted by Gasteiger charge is 2.33. The molecule has 0 atom stereocenters. The Morgan fingerprint density at radius 2 is 1.83 bits per heavy atom. The predicted octanol–water partition coefficient (Wildman–Crippen LogP) is 8.56. The lowest BCUT2D eigenvalue weighted by Crippen LogP contribution is -2.30. The average molecular weight is 563 g/mol. The normalized spacial score (nSPS) is 14.1. The summed E-state index contributed by atoms with van der Waals surface area (Å²) in [6, 6.07) is 5.51. The third kappa shape index (κ3) is 8.32. The van der Waals surface area contributed by atoms with Crippen molar-refractivity contribution in [1.82, 2.24) is 4.57 Å². The van der Waals surface area contributed by atoms with E-state index in [0.717, 1.165) is 34.5 Å². The zero-order valence-corrected chi connectivity index (χ0v) is 24.8. The number of thioether (sulfide) groups is 1. The monoisotopic (exact) mass is 561 g/mol. The average Bonchev–Trinajstić information content (AvgIpc) is 2.88. The highest BCUT2D eigenvalue weighted by Crippen LogP contribution is 2.43. The second-order valence-electron chi connectivity index (χ2n) is 10.3. The van der Waals surface area contributed by atoms with Crippen molar-refractivity contribution in [1.29, 1.82) is 0 Å². The summed E-state index contributed by atoms with van der Waals surface area (Å²) in [6.45, 7) is 17.6. The van der Waals surface area contributed by atoms with Gasteiger partial charge in [-0.2, -0.15) is 0 Å². The molecule has 0 amide bonds. The maximum absolute atomic E-state index is 12.5. The molecule has 1 N–H and O–H groups in total. The Bertz CT molecular complexity index is 1110. The van der Waals surface area contributed by atoms with Crippen LogP contribution in [0.1, 0.15) is 67.5 Å².